The fourth-order valence-electron chi connectivity index (χ4n) is 6.22. The number of para-hydroxylation sites is 2. The third kappa shape index (κ3) is 3.73. The molecule has 8 heteroatoms. The predicted octanol–water partition coefficient (Wildman–Crippen LogP) is 4.43. The molecule has 2 aliphatic heterocycles. The number of aromatic nitrogens is 1. The molecule has 3 aromatic carbocycles. The van der Waals surface area contributed by atoms with Crippen molar-refractivity contribution in [3.05, 3.63) is 89.1 Å². The van der Waals surface area contributed by atoms with Crippen molar-refractivity contribution in [3.8, 4) is 17.2 Å². The molecule has 0 spiro atoms. The number of aromatic amines is 1. The van der Waals surface area contributed by atoms with Crippen LogP contribution in [0.2, 0.25) is 0 Å². The zero-order valence-electron chi connectivity index (χ0n) is 22.5. The van der Waals surface area contributed by atoms with E-state index in [0.717, 1.165) is 39.0 Å². The van der Waals surface area contributed by atoms with Gasteiger partial charge in [-0.2, -0.15) is 0 Å². The molecule has 0 aliphatic carbocycles. The lowest BCUT2D eigenvalue weighted by Gasteiger charge is -2.51. The molecule has 2 aliphatic rings. The molecule has 2 unspecified atom stereocenters. The van der Waals surface area contributed by atoms with Crippen LogP contribution in [0, 0.1) is 0 Å². The second-order valence-corrected chi connectivity index (χ2v) is 10.2. The summed E-state index contributed by atoms with van der Waals surface area (Å²) < 4.78 is 16.7. The molecule has 200 valence electrons. The number of nitrogens with zero attached hydrogens (tertiary/aromatic N) is 2. The van der Waals surface area contributed by atoms with Crippen LogP contribution in [0.15, 0.2) is 66.7 Å². The number of carbonyl (C=O) groups excluding carboxylic acids is 2. The number of hydrogen-bond acceptors (Lipinski definition) is 5. The molecule has 2 amide bonds. The van der Waals surface area contributed by atoms with Gasteiger partial charge in [-0.25, -0.2) is 0 Å². The first kappa shape index (κ1) is 24.9. The minimum absolute atomic E-state index is 0.0119. The van der Waals surface area contributed by atoms with Gasteiger partial charge in [0.05, 0.1) is 27.0 Å². The van der Waals surface area contributed by atoms with Crippen LogP contribution in [0.3, 0.4) is 0 Å². The number of methoxy groups -OCH3 is 3. The van der Waals surface area contributed by atoms with Gasteiger partial charge in [-0.3, -0.25) is 9.59 Å². The summed E-state index contributed by atoms with van der Waals surface area (Å²) in [6.45, 7) is 2.55. The number of nitrogens with one attached hydrogen (secondary N) is 1. The largest absolute Gasteiger partial charge is 0.497 e. The van der Waals surface area contributed by atoms with E-state index in [4.69, 9.17) is 14.2 Å². The highest BCUT2D eigenvalue weighted by atomic mass is 16.5. The Balaban J connectivity index is 1.50. The average Bonchev–Trinajstić information content (AvgIpc) is 3.36. The van der Waals surface area contributed by atoms with E-state index in [9.17, 15) is 9.59 Å². The van der Waals surface area contributed by atoms with Gasteiger partial charge in [0.15, 0.2) is 17.0 Å². The van der Waals surface area contributed by atoms with E-state index in [0.29, 0.717) is 24.6 Å². The van der Waals surface area contributed by atoms with Crippen LogP contribution in [0.25, 0.3) is 10.9 Å². The first-order chi connectivity index (χ1) is 18.9. The lowest BCUT2D eigenvalue weighted by atomic mass is 9.76. The minimum Gasteiger partial charge on any atom is -0.497 e. The molecule has 39 heavy (non-hydrogen) atoms. The van der Waals surface area contributed by atoms with Crippen molar-refractivity contribution in [2.45, 2.75) is 24.9 Å². The lowest BCUT2D eigenvalue weighted by Crippen LogP contribution is -2.67. The molecule has 8 nitrogen and oxygen atoms in total. The van der Waals surface area contributed by atoms with Crippen molar-refractivity contribution >= 4 is 22.7 Å². The Labute approximate surface area is 227 Å². The van der Waals surface area contributed by atoms with Crippen LogP contribution < -0.4 is 14.2 Å². The molecular formula is C31H31N3O5. The fourth-order valence-corrected chi connectivity index (χ4v) is 6.22. The number of piperazine rings is 1. The van der Waals surface area contributed by atoms with E-state index in [2.05, 4.69) is 11.1 Å². The second kappa shape index (κ2) is 9.38. The Morgan fingerprint density at radius 2 is 1.69 bits per heavy atom. The van der Waals surface area contributed by atoms with E-state index in [1.165, 1.54) is 0 Å². The maximum atomic E-state index is 14.3. The van der Waals surface area contributed by atoms with Gasteiger partial charge < -0.3 is 29.0 Å². The molecule has 0 saturated carbocycles. The summed E-state index contributed by atoms with van der Waals surface area (Å²) >= 11 is 0. The van der Waals surface area contributed by atoms with Crippen LogP contribution >= 0.6 is 0 Å². The molecule has 0 radical (unpaired) electrons. The Kier molecular flexibility index (Phi) is 5.98. The van der Waals surface area contributed by atoms with E-state index in [1.54, 1.807) is 31.1 Å². The fraction of sp³-hybridized carbons (Fsp3) is 0.290. The van der Waals surface area contributed by atoms with E-state index in [-0.39, 0.29) is 24.3 Å². The van der Waals surface area contributed by atoms with Crippen molar-refractivity contribution in [1.29, 1.82) is 0 Å². The van der Waals surface area contributed by atoms with Crippen molar-refractivity contribution < 1.29 is 23.8 Å². The number of hydrogen-bond donors (Lipinski definition) is 1. The van der Waals surface area contributed by atoms with Crippen LogP contribution in [-0.2, 0) is 21.7 Å². The van der Waals surface area contributed by atoms with Crippen molar-refractivity contribution in [2.24, 2.45) is 0 Å². The summed E-state index contributed by atoms with van der Waals surface area (Å²) in [6.07, 6.45) is 0. The van der Waals surface area contributed by atoms with Crippen LogP contribution in [0.1, 0.15) is 35.2 Å². The van der Waals surface area contributed by atoms with Gasteiger partial charge >= 0.3 is 0 Å². The van der Waals surface area contributed by atoms with E-state index < -0.39 is 5.54 Å². The van der Waals surface area contributed by atoms with E-state index in [1.807, 2.05) is 67.6 Å². The topological polar surface area (TPSA) is 84.1 Å². The van der Waals surface area contributed by atoms with Gasteiger partial charge in [-0.05, 0) is 42.3 Å². The van der Waals surface area contributed by atoms with Crippen LogP contribution in [0.5, 0.6) is 17.2 Å². The number of ether oxygens (including phenoxy) is 3. The molecule has 1 fully saturated rings. The molecule has 1 saturated heterocycles. The molecule has 1 aromatic heterocycles. The van der Waals surface area contributed by atoms with Crippen molar-refractivity contribution in [1.82, 2.24) is 14.8 Å². The van der Waals surface area contributed by atoms with Gasteiger partial charge in [0, 0.05) is 35.5 Å². The molecule has 0 bridgehead atoms. The number of carbonyl (C=O) groups is 2. The minimum atomic E-state index is -1.18. The van der Waals surface area contributed by atoms with Gasteiger partial charge in [0.2, 0.25) is 5.91 Å². The lowest BCUT2D eigenvalue weighted by molar-refractivity contribution is -0.166. The SMILES string of the molecule is COc1ccc(CN2CC(=O)N3CC(c4cccc(OC)c4OC)c4c([nH]c5ccccc45)C3(C)C2=O)cc1. The zero-order chi connectivity index (χ0) is 27.3. The maximum absolute atomic E-state index is 14.3. The predicted molar refractivity (Wildman–Crippen MR) is 147 cm³/mol. The van der Waals surface area contributed by atoms with E-state index >= 15 is 0 Å². The van der Waals surface area contributed by atoms with Gasteiger partial charge in [-0.15, -0.1) is 0 Å². The summed E-state index contributed by atoms with van der Waals surface area (Å²) in [4.78, 5) is 35.0. The number of fused-ring (bicyclic) bond motifs is 5. The Morgan fingerprint density at radius 3 is 2.41 bits per heavy atom. The zero-order valence-corrected chi connectivity index (χ0v) is 22.5. The Bertz CT molecular complexity index is 1580. The van der Waals surface area contributed by atoms with Gasteiger partial charge in [-0.1, -0.05) is 42.5 Å². The summed E-state index contributed by atoms with van der Waals surface area (Å²) in [7, 11) is 4.85. The Hall–Kier alpha value is -4.46. The summed E-state index contributed by atoms with van der Waals surface area (Å²) in [5, 5.41) is 1.02. The normalized spacial score (nSPS) is 20.6. The highest BCUT2D eigenvalue weighted by Gasteiger charge is 2.56. The van der Waals surface area contributed by atoms with Gasteiger partial charge in [0.1, 0.15) is 12.3 Å². The first-order valence-corrected chi connectivity index (χ1v) is 13.0. The third-order valence-corrected chi connectivity index (χ3v) is 8.16. The monoisotopic (exact) mass is 525 g/mol. The summed E-state index contributed by atoms with van der Waals surface area (Å²) in [5.74, 6) is 1.56. The molecule has 6 rings (SSSR count). The quantitative estimate of drug-likeness (QED) is 0.403. The number of amides is 2. The molecule has 3 heterocycles. The highest BCUT2D eigenvalue weighted by Crippen LogP contribution is 2.50. The third-order valence-electron chi connectivity index (χ3n) is 8.16. The Morgan fingerprint density at radius 1 is 0.923 bits per heavy atom. The first-order valence-electron chi connectivity index (χ1n) is 13.0. The number of benzene rings is 3. The van der Waals surface area contributed by atoms with Crippen LogP contribution in [-0.4, -0.2) is 61.0 Å². The molecular weight excluding hydrogens is 494 g/mol. The second-order valence-electron chi connectivity index (χ2n) is 10.2. The van der Waals surface area contributed by atoms with Crippen LogP contribution in [0.4, 0.5) is 0 Å². The summed E-state index contributed by atoms with van der Waals surface area (Å²) in [5.41, 5.74) is 3.32. The standard InChI is InChI=1S/C31H31N3O5/c1-31-29-27(22-8-5-6-10-24(22)32-29)23(21-9-7-11-25(38-3)28(21)39-4)17-34(31)26(35)18-33(30(31)36)16-19-12-14-20(37-2)15-13-19/h5-15,23,32H,16-18H2,1-4H3. The molecule has 2 atom stereocenters. The maximum Gasteiger partial charge on any atom is 0.255 e. The average molecular weight is 526 g/mol. The highest BCUT2D eigenvalue weighted by molar-refractivity contribution is 6.01. The van der Waals surface area contributed by atoms with Crippen molar-refractivity contribution in [2.75, 3.05) is 34.4 Å². The molecule has 1 N–H and O–H groups in total. The number of rotatable bonds is 6. The molecule has 4 aromatic rings. The van der Waals surface area contributed by atoms with Gasteiger partial charge in [0.25, 0.3) is 5.91 Å². The van der Waals surface area contributed by atoms with Crippen molar-refractivity contribution in [3.63, 3.8) is 0 Å². The smallest absolute Gasteiger partial charge is 0.255 e. The summed E-state index contributed by atoms with van der Waals surface area (Å²) in [6, 6.07) is 21.4. The number of H-pyrrole nitrogens is 1.